The largest absolute Gasteiger partial charge is 0.497 e. The maximum absolute atomic E-state index is 13.0. The molecule has 7 heteroatoms. The van der Waals surface area contributed by atoms with Crippen molar-refractivity contribution in [1.29, 1.82) is 0 Å². The predicted molar refractivity (Wildman–Crippen MR) is 96.1 cm³/mol. The van der Waals surface area contributed by atoms with Gasteiger partial charge in [0.05, 0.1) is 18.4 Å². The Hall–Kier alpha value is -3.22. The third-order valence-corrected chi connectivity index (χ3v) is 3.90. The van der Waals surface area contributed by atoms with Gasteiger partial charge in [-0.1, -0.05) is 24.3 Å². The highest BCUT2D eigenvalue weighted by Gasteiger charge is 2.33. The molecule has 3 rings (SSSR count). The molecule has 4 nitrogen and oxygen atoms in total. The summed E-state index contributed by atoms with van der Waals surface area (Å²) in [4.78, 5) is 12.0. The highest BCUT2D eigenvalue weighted by molar-refractivity contribution is 5.93. The van der Waals surface area contributed by atoms with Gasteiger partial charge >= 0.3 is 6.18 Å². The van der Waals surface area contributed by atoms with Crippen LogP contribution in [0, 0.1) is 0 Å². The molecule has 3 aromatic rings. The number of halogens is 3. The van der Waals surface area contributed by atoms with Crippen molar-refractivity contribution in [3.63, 3.8) is 0 Å². The molecule has 3 aromatic carbocycles. The number of amides is 1. The van der Waals surface area contributed by atoms with Gasteiger partial charge in [0.2, 0.25) is 0 Å². The molecule has 140 valence electrons. The van der Waals surface area contributed by atoms with E-state index in [0.717, 1.165) is 16.8 Å². The van der Waals surface area contributed by atoms with Gasteiger partial charge in [0, 0.05) is 0 Å². The lowest BCUT2D eigenvalue weighted by Gasteiger charge is -2.14. The first-order chi connectivity index (χ1) is 12.9. The van der Waals surface area contributed by atoms with Crippen LogP contribution in [0.2, 0.25) is 0 Å². The summed E-state index contributed by atoms with van der Waals surface area (Å²) in [6, 6.07) is 15.6. The summed E-state index contributed by atoms with van der Waals surface area (Å²) in [6.07, 6.45) is -4.55. The van der Waals surface area contributed by atoms with Crippen molar-refractivity contribution < 1.29 is 27.4 Å². The molecular formula is C20H16F3NO3. The number of hydrogen-bond donors (Lipinski definition) is 1. The van der Waals surface area contributed by atoms with E-state index < -0.39 is 24.3 Å². The number of fused-ring (bicyclic) bond motifs is 1. The zero-order chi connectivity index (χ0) is 19.4. The lowest BCUT2D eigenvalue weighted by atomic mass is 10.1. The topological polar surface area (TPSA) is 47.6 Å². The molecule has 0 aliphatic heterocycles. The van der Waals surface area contributed by atoms with Crippen LogP contribution >= 0.6 is 0 Å². The first-order valence-corrected chi connectivity index (χ1v) is 8.03. The molecule has 0 aromatic heterocycles. The summed E-state index contributed by atoms with van der Waals surface area (Å²) in [5.74, 6) is 0.425. The van der Waals surface area contributed by atoms with E-state index in [1.54, 1.807) is 19.2 Å². The van der Waals surface area contributed by atoms with Crippen LogP contribution in [-0.4, -0.2) is 19.6 Å². The molecule has 27 heavy (non-hydrogen) atoms. The predicted octanol–water partition coefficient (Wildman–Crippen LogP) is 4.88. The fourth-order valence-corrected chi connectivity index (χ4v) is 2.59. The van der Waals surface area contributed by atoms with Crippen LogP contribution in [-0.2, 0) is 11.0 Å². The third kappa shape index (κ3) is 4.49. The molecule has 1 N–H and O–H groups in total. The smallest absolute Gasteiger partial charge is 0.418 e. The fourth-order valence-electron chi connectivity index (χ4n) is 2.59. The van der Waals surface area contributed by atoms with Crippen LogP contribution in [0.15, 0.2) is 60.7 Å². The molecule has 0 unspecified atom stereocenters. The Morgan fingerprint density at radius 2 is 1.63 bits per heavy atom. The Bertz CT molecular complexity index is 970. The second-order valence-corrected chi connectivity index (χ2v) is 5.76. The van der Waals surface area contributed by atoms with Crippen LogP contribution in [0.3, 0.4) is 0 Å². The van der Waals surface area contributed by atoms with Crippen LogP contribution in [0.4, 0.5) is 18.9 Å². The molecule has 0 heterocycles. The molecule has 0 saturated carbocycles. The van der Waals surface area contributed by atoms with Crippen LogP contribution < -0.4 is 14.8 Å². The van der Waals surface area contributed by atoms with Gasteiger partial charge in [-0.25, -0.2) is 0 Å². The van der Waals surface area contributed by atoms with E-state index in [1.807, 2.05) is 24.3 Å². The number of alkyl halides is 3. The van der Waals surface area contributed by atoms with Crippen molar-refractivity contribution >= 4 is 22.4 Å². The number of methoxy groups -OCH3 is 1. The Balaban J connectivity index is 1.69. The lowest BCUT2D eigenvalue weighted by Crippen LogP contribution is -2.22. The Labute approximate surface area is 153 Å². The summed E-state index contributed by atoms with van der Waals surface area (Å²) in [6.45, 7) is -0.415. The van der Waals surface area contributed by atoms with Gasteiger partial charge < -0.3 is 14.8 Å². The molecule has 0 radical (unpaired) electrons. The highest BCUT2D eigenvalue weighted by Crippen LogP contribution is 2.34. The monoisotopic (exact) mass is 375 g/mol. The Morgan fingerprint density at radius 3 is 2.33 bits per heavy atom. The molecule has 0 aliphatic carbocycles. The summed E-state index contributed by atoms with van der Waals surface area (Å²) < 4.78 is 49.5. The average molecular weight is 375 g/mol. The van der Waals surface area contributed by atoms with Gasteiger partial charge in [0.25, 0.3) is 5.91 Å². The van der Waals surface area contributed by atoms with Gasteiger partial charge in [0.15, 0.2) is 6.61 Å². The number of ether oxygens (including phenoxy) is 2. The molecule has 0 fully saturated rings. The van der Waals surface area contributed by atoms with E-state index in [9.17, 15) is 18.0 Å². The summed E-state index contributed by atoms with van der Waals surface area (Å²) in [5.41, 5.74) is -1.21. The number of benzene rings is 3. The minimum Gasteiger partial charge on any atom is -0.497 e. The van der Waals surface area contributed by atoms with E-state index in [1.165, 1.54) is 18.2 Å². The van der Waals surface area contributed by atoms with Crippen molar-refractivity contribution in [3.8, 4) is 11.5 Å². The average Bonchev–Trinajstić information content (AvgIpc) is 2.65. The van der Waals surface area contributed by atoms with E-state index in [2.05, 4.69) is 5.32 Å². The number of nitrogens with one attached hydrogen (secondary N) is 1. The number of carbonyl (C=O) groups excluding carboxylic acids is 1. The minimum absolute atomic E-state index is 0.304. The Kier molecular flexibility index (Phi) is 5.21. The van der Waals surface area contributed by atoms with Gasteiger partial charge in [0.1, 0.15) is 11.5 Å². The van der Waals surface area contributed by atoms with E-state index in [4.69, 9.17) is 9.47 Å². The minimum atomic E-state index is -4.55. The molecule has 0 aliphatic rings. The highest BCUT2D eigenvalue weighted by atomic mass is 19.4. The first-order valence-electron chi connectivity index (χ1n) is 8.03. The SMILES string of the molecule is COc1ccc2ccc(OCC(=O)Nc3ccccc3C(F)(F)F)cc2c1. The quantitative estimate of drug-likeness (QED) is 0.691. The molecule has 1 amide bonds. The van der Waals surface area contributed by atoms with Crippen molar-refractivity contribution in [2.75, 3.05) is 19.0 Å². The zero-order valence-electron chi connectivity index (χ0n) is 14.3. The van der Waals surface area contributed by atoms with Crippen LogP contribution in [0.5, 0.6) is 11.5 Å². The lowest BCUT2D eigenvalue weighted by molar-refractivity contribution is -0.137. The molecule has 0 saturated heterocycles. The number of anilines is 1. The normalized spacial score (nSPS) is 11.3. The summed E-state index contributed by atoms with van der Waals surface area (Å²) >= 11 is 0. The van der Waals surface area contributed by atoms with Crippen LogP contribution in [0.25, 0.3) is 10.8 Å². The summed E-state index contributed by atoms with van der Waals surface area (Å²) in [7, 11) is 1.56. The van der Waals surface area contributed by atoms with E-state index in [0.29, 0.717) is 11.5 Å². The second kappa shape index (κ2) is 7.57. The standard InChI is InChI=1S/C20H16F3NO3/c1-26-15-8-6-13-7-9-16(11-14(13)10-15)27-12-19(25)24-18-5-3-2-4-17(18)20(21,22)23/h2-11H,12H2,1H3,(H,24,25). The number of hydrogen-bond acceptors (Lipinski definition) is 3. The molecule has 0 bridgehead atoms. The number of para-hydroxylation sites is 1. The maximum atomic E-state index is 13.0. The molecule has 0 spiro atoms. The van der Waals surface area contributed by atoms with Crippen molar-refractivity contribution in [1.82, 2.24) is 0 Å². The van der Waals surface area contributed by atoms with Crippen molar-refractivity contribution in [2.24, 2.45) is 0 Å². The van der Waals surface area contributed by atoms with Crippen molar-refractivity contribution in [2.45, 2.75) is 6.18 Å². The van der Waals surface area contributed by atoms with Gasteiger partial charge in [-0.3, -0.25) is 4.79 Å². The molecule has 0 atom stereocenters. The zero-order valence-corrected chi connectivity index (χ0v) is 14.3. The van der Waals surface area contributed by atoms with E-state index in [-0.39, 0.29) is 5.69 Å². The molecular weight excluding hydrogens is 359 g/mol. The summed E-state index contributed by atoms with van der Waals surface area (Å²) in [5, 5.41) is 4.06. The van der Waals surface area contributed by atoms with Gasteiger partial charge in [-0.15, -0.1) is 0 Å². The second-order valence-electron chi connectivity index (χ2n) is 5.76. The van der Waals surface area contributed by atoms with Gasteiger partial charge in [-0.05, 0) is 47.2 Å². The van der Waals surface area contributed by atoms with Crippen LogP contribution in [0.1, 0.15) is 5.56 Å². The number of carbonyl (C=O) groups is 1. The van der Waals surface area contributed by atoms with Crippen molar-refractivity contribution in [3.05, 3.63) is 66.2 Å². The Morgan fingerprint density at radius 1 is 0.963 bits per heavy atom. The number of rotatable bonds is 5. The third-order valence-electron chi connectivity index (χ3n) is 3.90. The van der Waals surface area contributed by atoms with Gasteiger partial charge in [-0.2, -0.15) is 13.2 Å². The van der Waals surface area contributed by atoms with E-state index >= 15 is 0 Å². The first kappa shape index (κ1) is 18.6. The fraction of sp³-hybridized carbons (Fsp3) is 0.150. The maximum Gasteiger partial charge on any atom is 0.418 e.